The van der Waals surface area contributed by atoms with Crippen molar-refractivity contribution in [1.29, 1.82) is 0 Å². The molecule has 43 heavy (non-hydrogen) atoms. The van der Waals surface area contributed by atoms with E-state index in [0.717, 1.165) is 60.4 Å². The summed E-state index contributed by atoms with van der Waals surface area (Å²) in [6.07, 6.45) is 3.55. The van der Waals surface area contributed by atoms with Gasteiger partial charge in [-0.15, -0.1) is 0 Å². The Morgan fingerprint density at radius 3 is 1.67 bits per heavy atom. The van der Waals surface area contributed by atoms with Crippen LogP contribution in [0.2, 0.25) is 0 Å². The molecule has 0 N–H and O–H groups in total. The van der Waals surface area contributed by atoms with Crippen LogP contribution in [0.25, 0.3) is 87.9 Å². The molecule has 200 valence electrons. The van der Waals surface area contributed by atoms with Gasteiger partial charge in [0, 0.05) is 39.5 Å². The Bertz CT molecular complexity index is 2490. The highest BCUT2D eigenvalue weighted by molar-refractivity contribution is 6.23. The van der Waals surface area contributed by atoms with Crippen LogP contribution >= 0.6 is 0 Å². The Kier molecular flexibility index (Phi) is 5.20. The first kappa shape index (κ1) is 23.9. The van der Waals surface area contributed by atoms with E-state index in [1.165, 1.54) is 27.5 Å². The van der Waals surface area contributed by atoms with E-state index in [-0.39, 0.29) is 0 Å². The highest BCUT2D eigenvalue weighted by atomic mass is 16.3. The van der Waals surface area contributed by atoms with Crippen LogP contribution in [0.15, 0.2) is 150 Å². The molecule has 0 bridgehead atoms. The van der Waals surface area contributed by atoms with Gasteiger partial charge in [-0.25, -0.2) is 0 Å². The average molecular weight is 549 g/mol. The Balaban J connectivity index is 1.28. The van der Waals surface area contributed by atoms with Crippen LogP contribution in [0.5, 0.6) is 0 Å². The normalized spacial score (nSPS) is 11.7. The Labute approximate surface area is 247 Å². The molecule has 2 aromatic heterocycles. The lowest BCUT2D eigenvalue weighted by molar-refractivity contribution is 0.670. The van der Waals surface area contributed by atoms with Crippen molar-refractivity contribution in [1.82, 2.24) is 9.97 Å². The minimum absolute atomic E-state index is 0.906. The minimum atomic E-state index is 0.906. The molecular weight excluding hydrogens is 524 g/mol. The first-order chi connectivity index (χ1) is 21.3. The van der Waals surface area contributed by atoms with E-state index in [0.29, 0.717) is 0 Å². The zero-order chi connectivity index (χ0) is 28.3. The smallest absolute Gasteiger partial charge is 0.143 e. The van der Waals surface area contributed by atoms with E-state index in [1.807, 2.05) is 12.1 Å². The fourth-order valence-electron chi connectivity index (χ4n) is 6.68. The first-order valence-electron chi connectivity index (χ1n) is 14.5. The molecule has 3 heteroatoms. The Morgan fingerprint density at radius 2 is 0.907 bits per heavy atom. The van der Waals surface area contributed by atoms with Gasteiger partial charge < -0.3 is 4.42 Å². The van der Waals surface area contributed by atoms with Crippen molar-refractivity contribution in [3.8, 4) is 33.4 Å². The first-order valence-corrected chi connectivity index (χ1v) is 14.5. The summed E-state index contributed by atoms with van der Waals surface area (Å²) in [5, 5.41) is 6.86. The van der Waals surface area contributed by atoms with Crippen LogP contribution in [0.4, 0.5) is 0 Å². The van der Waals surface area contributed by atoms with Gasteiger partial charge in [-0.3, -0.25) is 9.97 Å². The Hall–Kier alpha value is -5.80. The molecule has 0 aliphatic carbocycles. The molecule has 2 heterocycles. The molecule has 0 unspecified atom stereocenters. The summed E-state index contributed by atoms with van der Waals surface area (Å²) in [7, 11) is 0. The zero-order valence-corrected chi connectivity index (χ0v) is 23.2. The predicted octanol–water partition coefficient (Wildman–Crippen LogP) is 10.8. The van der Waals surface area contributed by atoms with E-state index >= 15 is 0 Å². The van der Waals surface area contributed by atoms with Crippen LogP contribution in [0.3, 0.4) is 0 Å². The van der Waals surface area contributed by atoms with Crippen molar-refractivity contribution >= 4 is 54.5 Å². The predicted molar refractivity (Wildman–Crippen MR) is 178 cm³/mol. The quantitative estimate of drug-likeness (QED) is 0.206. The molecule has 0 atom stereocenters. The van der Waals surface area contributed by atoms with E-state index < -0.39 is 0 Å². The molecule has 0 radical (unpaired) electrons. The summed E-state index contributed by atoms with van der Waals surface area (Å²) >= 11 is 0. The van der Waals surface area contributed by atoms with E-state index in [1.54, 1.807) is 12.4 Å². The van der Waals surface area contributed by atoms with Crippen molar-refractivity contribution in [2.75, 3.05) is 0 Å². The number of furan rings is 1. The summed E-state index contributed by atoms with van der Waals surface area (Å²) in [4.78, 5) is 9.44. The maximum Gasteiger partial charge on any atom is 0.143 e. The van der Waals surface area contributed by atoms with Crippen LogP contribution in [0.1, 0.15) is 0 Å². The number of rotatable bonds is 3. The number of para-hydroxylation sites is 2. The summed E-state index contributed by atoms with van der Waals surface area (Å²) < 4.78 is 6.46. The number of fused-ring (bicyclic) bond motifs is 9. The van der Waals surface area contributed by atoms with Crippen LogP contribution < -0.4 is 0 Å². The Morgan fingerprint density at radius 1 is 0.372 bits per heavy atom. The van der Waals surface area contributed by atoms with Crippen molar-refractivity contribution in [3.05, 3.63) is 146 Å². The maximum atomic E-state index is 6.46. The minimum Gasteiger partial charge on any atom is -0.455 e. The van der Waals surface area contributed by atoms with Gasteiger partial charge in [0.1, 0.15) is 11.2 Å². The van der Waals surface area contributed by atoms with Gasteiger partial charge in [0.05, 0.1) is 11.0 Å². The van der Waals surface area contributed by atoms with Crippen molar-refractivity contribution in [3.63, 3.8) is 0 Å². The zero-order valence-electron chi connectivity index (χ0n) is 23.2. The monoisotopic (exact) mass is 548 g/mol. The highest BCUT2D eigenvalue weighted by Gasteiger charge is 2.18. The summed E-state index contributed by atoms with van der Waals surface area (Å²) in [5.74, 6) is 0. The third-order valence-electron chi connectivity index (χ3n) is 8.60. The van der Waals surface area contributed by atoms with Gasteiger partial charge >= 0.3 is 0 Å². The third kappa shape index (κ3) is 3.62. The molecule has 0 saturated heterocycles. The van der Waals surface area contributed by atoms with E-state index in [9.17, 15) is 0 Å². The largest absolute Gasteiger partial charge is 0.455 e. The third-order valence-corrected chi connectivity index (χ3v) is 8.60. The van der Waals surface area contributed by atoms with Gasteiger partial charge in [-0.05, 0) is 50.7 Å². The number of benzene rings is 7. The van der Waals surface area contributed by atoms with E-state index in [2.05, 4.69) is 121 Å². The molecule has 0 aliphatic rings. The molecule has 0 fully saturated rings. The second-order valence-electron chi connectivity index (χ2n) is 10.9. The highest BCUT2D eigenvalue weighted by Crippen LogP contribution is 2.43. The van der Waals surface area contributed by atoms with Gasteiger partial charge in [0.15, 0.2) is 0 Å². The molecular formula is C40H24N2O. The fraction of sp³-hybridized carbons (Fsp3) is 0. The van der Waals surface area contributed by atoms with Crippen molar-refractivity contribution < 1.29 is 4.42 Å². The number of hydrogen-bond acceptors (Lipinski definition) is 3. The SMILES string of the molecule is c1ccc(-c2ccccc2-c2cccc3c2oc2ccccc23)c(-c2ccc3c(c2)c2ccccc2c2nccnc32)c1. The van der Waals surface area contributed by atoms with Crippen molar-refractivity contribution in [2.45, 2.75) is 0 Å². The maximum absolute atomic E-state index is 6.46. The van der Waals surface area contributed by atoms with Crippen molar-refractivity contribution in [2.24, 2.45) is 0 Å². The van der Waals surface area contributed by atoms with Gasteiger partial charge in [0.2, 0.25) is 0 Å². The van der Waals surface area contributed by atoms with Gasteiger partial charge in [-0.1, -0.05) is 121 Å². The lowest BCUT2D eigenvalue weighted by Gasteiger charge is -2.16. The molecule has 0 spiro atoms. The van der Waals surface area contributed by atoms with E-state index in [4.69, 9.17) is 14.4 Å². The summed E-state index contributed by atoms with van der Waals surface area (Å²) in [6, 6.07) is 47.3. The lowest BCUT2D eigenvalue weighted by Crippen LogP contribution is -1.91. The van der Waals surface area contributed by atoms with Gasteiger partial charge in [0.25, 0.3) is 0 Å². The van der Waals surface area contributed by atoms with Crippen LogP contribution in [-0.2, 0) is 0 Å². The molecule has 0 aliphatic heterocycles. The number of hydrogen-bond donors (Lipinski definition) is 0. The molecule has 0 saturated carbocycles. The second kappa shape index (κ2) is 9.37. The lowest BCUT2D eigenvalue weighted by atomic mass is 9.88. The fourth-order valence-corrected chi connectivity index (χ4v) is 6.68. The molecule has 7 aromatic carbocycles. The molecule has 9 aromatic rings. The molecule has 0 amide bonds. The number of aromatic nitrogens is 2. The number of nitrogens with zero attached hydrogens (tertiary/aromatic N) is 2. The summed E-state index contributed by atoms with van der Waals surface area (Å²) in [6.45, 7) is 0. The molecule has 3 nitrogen and oxygen atoms in total. The standard InChI is InChI=1S/C40H24N2O/c1-2-11-27(28-12-3-4-13-29(28)34-17-9-18-35-31-15-7-8-19-37(31)43-40(34)35)26(10-1)25-20-21-33-36(24-25)30-14-5-6-16-32(30)38-39(33)42-23-22-41-38/h1-24H. The van der Waals surface area contributed by atoms with Crippen LogP contribution in [0, 0.1) is 0 Å². The van der Waals surface area contributed by atoms with Crippen LogP contribution in [-0.4, -0.2) is 9.97 Å². The second-order valence-corrected chi connectivity index (χ2v) is 10.9. The molecule has 9 rings (SSSR count). The average Bonchev–Trinajstić information content (AvgIpc) is 3.47. The van der Waals surface area contributed by atoms with Gasteiger partial charge in [-0.2, -0.15) is 0 Å². The summed E-state index contributed by atoms with van der Waals surface area (Å²) in [5.41, 5.74) is 10.6. The topological polar surface area (TPSA) is 38.9 Å².